The monoisotopic (exact) mass is 456 g/mol. The van der Waals surface area contributed by atoms with Crippen LogP contribution in [0.25, 0.3) is 10.6 Å². The molecule has 2 rings (SSSR count). The summed E-state index contributed by atoms with van der Waals surface area (Å²) in [7, 11) is 7.00. The fraction of sp³-hybridized carbons (Fsp3) is 0.500. The molecular weight excluding hydrogens is 427 g/mol. The minimum absolute atomic E-state index is 0. The van der Waals surface area contributed by atoms with Crippen LogP contribution in [0.2, 0.25) is 0 Å². The molecular formula is C16H28HfN4. The standard InChI is InChI=1S/2C6H8N.2C2H6N.Hf/c2*1-5-3-4-6(2)7-5;2*1-3-2;/h2*3,7H,1-2H3;2*1-2H3;/q4*-1;+4. The van der Waals surface area contributed by atoms with Crippen LogP contribution in [0.5, 0.6) is 0 Å². The number of hydrogen-bond acceptors (Lipinski definition) is 0. The third kappa shape index (κ3) is 19.4. The van der Waals surface area contributed by atoms with E-state index in [1.165, 1.54) is 11.4 Å². The molecule has 0 spiro atoms. The largest absolute Gasteiger partial charge is 4.00 e. The van der Waals surface area contributed by atoms with Gasteiger partial charge in [0.25, 0.3) is 0 Å². The summed E-state index contributed by atoms with van der Waals surface area (Å²) in [5.74, 6) is 0. The maximum atomic E-state index is 3.50. The number of aromatic amines is 2. The Bertz CT molecular complexity index is 348. The number of rotatable bonds is 0. The van der Waals surface area contributed by atoms with Gasteiger partial charge in [0.2, 0.25) is 0 Å². The van der Waals surface area contributed by atoms with Crippen LogP contribution in [0, 0.1) is 39.8 Å². The minimum Gasteiger partial charge on any atom is -0.668 e. The Morgan fingerprint density at radius 1 is 0.714 bits per heavy atom. The van der Waals surface area contributed by atoms with Crippen LogP contribution < -0.4 is 0 Å². The Balaban J connectivity index is -0.000000220. The van der Waals surface area contributed by atoms with Crippen molar-refractivity contribution in [3.05, 3.63) is 57.7 Å². The first-order chi connectivity index (χ1) is 9.40. The molecule has 5 heteroatoms. The Morgan fingerprint density at radius 3 is 1.00 bits per heavy atom. The average Bonchev–Trinajstić information content (AvgIpc) is 2.90. The summed E-state index contributed by atoms with van der Waals surface area (Å²) in [6.45, 7) is 8.02. The molecule has 0 aliphatic heterocycles. The molecule has 2 heterocycles. The van der Waals surface area contributed by atoms with Gasteiger partial charge >= 0.3 is 25.8 Å². The number of H-pyrrole nitrogens is 2. The van der Waals surface area contributed by atoms with Gasteiger partial charge in [-0.1, -0.05) is 25.2 Å². The molecule has 0 aromatic carbocycles. The fourth-order valence-electron chi connectivity index (χ4n) is 1.17. The molecule has 0 saturated heterocycles. The summed E-state index contributed by atoms with van der Waals surface area (Å²) in [6.07, 6.45) is 0. The van der Waals surface area contributed by atoms with Gasteiger partial charge in [0.15, 0.2) is 0 Å². The van der Waals surface area contributed by atoms with Crippen LogP contribution in [0.4, 0.5) is 0 Å². The van der Waals surface area contributed by atoms with E-state index in [0.29, 0.717) is 0 Å². The van der Waals surface area contributed by atoms with Crippen molar-refractivity contribution >= 4 is 0 Å². The molecule has 21 heavy (non-hydrogen) atoms. The Morgan fingerprint density at radius 2 is 0.952 bits per heavy atom. The minimum atomic E-state index is 0. The van der Waals surface area contributed by atoms with E-state index < -0.39 is 0 Å². The van der Waals surface area contributed by atoms with E-state index in [1.807, 2.05) is 39.8 Å². The molecule has 116 valence electrons. The zero-order valence-electron chi connectivity index (χ0n) is 14.5. The van der Waals surface area contributed by atoms with Crippen molar-refractivity contribution in [2.75, 3.05) is 28.2 Å². The number of nitrogens with one attached hydrogen (secondary N) is 2. The van der Waals surface area contributed by atoms with Gasteiger partial charge in [-0.3, -0.25) is 0 Å². The van der Waals surface area contributed by atoms with Gasteiger partial charge in [0.05, 0.1) is 0 Å². The van der Waals surface area contributed by atoms with Crippen LogP contribution in [0.3, 0.4) is 0 Å². The molecule has 2 N–H and O–H groups in total. The maximum Gasteiger partial charge on any atom is 4.00 e. The van der Waals surface area contributed by atoms with E-state index in [0.717, 1.165) is 11.4 Å². The summed E-state index contributed by atoms with van der Waals surface area (Å²) >= 11 is 0. The number of aromatic nitrogens is 2. The molecule has 0 saturated carbocycles. The van der Waals surface area contributed by atoms with E-state index in [-0.39, 0.29) is 25.8 Å². The third-order valence-corrected chi connectivity index (χ3v) is 1.78. The zero-order valence-corrected chi connectivity index (χ0v) is 18.1. The Kier molecular flexibility index (Phi) is 21.0. The second kappa shape index (κ2) is 17.4. The molecule has 2 aromatic rings. The summed E-state index contributed by atoms with van der Waals surface area (Å²) < 4.78 is 0. The molecule has 4 nitrogen and oxygen atoms in total. The van der Waals surface area contributed by atoms with Crippen molar-refractivity contribution < 1.29 is 25.8 Å². The predicted molar refractivity (Wildman–Crippen MR) is 88.6 cm³/mol. The van der Waals surface area contributed by atoms with E-state index in [2.05, 4.69) is 32.7 Å². The van der Waals surface area contributed by atoms with E-state index in [1.54, 1.807) is 28.2 Å². The summed E-state index contributed by atoms with van der Waals surface area (Å²) in [5, 5.41) is 7.00. The summed E-state index contributed by atoms with van der Waals surface area (Å²) in [6, 6.07) is 9.91. The number of aryl methyl sites for hydroxylation is 4. The predicted octanol–water partition coefficient (Wildman–Crippen LogP) is 4.10. The zero-order chi connectivity index (χ0) is 16.0. The molecule has 0 amide bonds. The number of nitrogens with zero attached hydrogens (tertiary/aromatic N) is 2. The fourth-order valence-corrected chi connectivity index (χ4v) is 1.17. The molecule has 0 unspecified atom stereocenters. The van der Waals surface area contributed by atoms with E-state index in [4.69, 9.17) is 0 Å². The normalized spacial score (nSPS) is 8.00. The van der Waals surface area contributed by atoms with Gasteiger partial charge in [-0.2, -0.15) is 28.2 Å². The van der Waals surface area contributed by atoms with Gasteiger partial charge in [0, 0.05) is 0 Å². The summed E-state index contributed by atoms with van der Waals surface area (Å²) in [5.41, 5.74) is 4.57. The molecule has 0 radical (unpaired) electrons. The van der Waals surface area contributed by atoms with E-state index in [9.17, 15) is 0 Å². The first kappa shape index (κ1) is 25.3. The Labute approximate surface area is 149 Å². The maximum absolute atomic E-state index is 3.50. The number of hydrogen-bond donors (Lipinski definition) is 2. The molecule has 0 fully saturated rings. The third-order valence-electron chi connectivity index (χ3n) is 1.78. The van der Waals surface area contributed by atoms with Gasteiger partial charge in [-0.25, -0.2) is 24.3 Å². The topological polar surface area (TPSA) is 59.8 Å². The average molecular weight is 455 g/mol. The van der Waals surface area contributed by atoms with Crippen molar-refractivity contribution in [3.63, 3.8) is 0 Å². The molecule has 0 bridgehead atoms. The molecule has 0 aliphatic carbocycles. The first-order valence-electron chi connectivity index (χ1n) is 6.44. The van der Waals surface area contributed by atoms with Crippen LogP contribution in [0.15, 0.2) is 12.1 Å². The quantitative estimate of drug-likeness (QED) is 0.445. The molecule has 0 atom stereocenters. The van der Waals surface area contributed by atoms with Crippen molar-refractivity contribution in [1.29, 1.82) is 0 Å². The first-order valence-corrected chi connectivity index (χ1v) is 6.44. The second-order valence-electron chi connectivity index (χ2n) is 4.34. The van der Waals surface area contributed by atoms with Crippen LogP contribution in [-0.4, -0.2) is 38.2 Å². The van der Waals surface area contributed by atoms with Crippen molar-refractivity contribution in [3.8, 4) is 0 Å². The smallest absolute Gasteiger partial charge is 0.668 e. The van der Waals surface area contributed by atoms with Gasteiger partial charge in [-0.15, -0.1) is 11.4 Å². The van der Waals surface area contributed by atoms with Crippen molar-refractivity contribution in [1.82, 2.24) is 9.97 Å². The SMILES string of the molecule is C[N-]C.C[N-]C.Cc1[c-]cc(C)[nH]1.Cc1[c-]cc(C)[nH]1.[Hf+4]. The molecule has 0 aliphatic rings. The van der Waals surface area contributed by atoms with Gasteiger partial charge in [-0.05, 0) is 13.8 Å². The summed E-state index contributed by atoms with van der Waals surface area (Å²) in [4.78, 5) is 6.17. The van der Waals surface area contributed by atoms with Gasteiger partial charge < -0.3 is 20.6 Å². The van der Waals surface area contributed by atoms with Crippen LogP contribution in [0.1, 0.15) is 22.8 Å². The van der Waals surface area contributed by atoms with Gasteiger partial charge in [0.1, 0.15) is 0 Å². The van der Waals surface area contributed by atoms with E-state index >= 15 is 0 Å². The van der Waals surface area contributed by atoms with Crippen LogP contribution >= 0.6 is 0 Å². The second-order valence-corrected chi connectivity index (χ2v) is 4.34. The van der Waals surface area contributed by atoms with Crippen molar-refractivity contribution in [2.45, 2.75) is 27.7 Å². The van der Waals surface area contributed by atoms with Crippen molar-refractivity contribution in [2.24, 2.45) is 0 Å². The Hall–Kier alpha value is -0.650. The van der Waals surface area contributed by atoms with Crippen LogP contribution in [-0.2, 0) is 25.8 Å². The molecule has 2 aromatic heterocycles.